The van der Waals surface area contributed by atoms with Gasteiger partial charge in [0, 0.05) is 0 Å². The highest BCUT2D eigenvalue weighted by Gasteiger charge is 2.11. The Balaban J connectivity index is 1.94. The van der Waals surface area contributed by atoms with Gasteiger partial charge in [0.2, 0.25) is 0 Å². The molecule has 0 nitrogen and oxygen atoms in total. The van der Waals surface area contributed by atoms with Gasteiger partial charge in [0.1, 0.15) is 0 Å². The lowest BCUT2D eigenvalue weighted by Crippen LogP contribution is -1.87. The maximum absolute atomic E-state index is 2.22. The van der Waals surface area contributed by atoms with Crippen LogP contribution in [0.15, 0.2) is 95.7 Å². The van der Waals surface area contributed by atoms with Crippen LogP contribution in [0.1, 0.15) is 0 Å². The van der Waals surface area contributed by atoms with Crippen molar-refractivity contribution in [2.45, 2.75) is 0 Å². The first-order chi connectivity index (χ1) is 11.4. The Morgan fingerprint density at radius 2 is 0.957 bits per heavy atom. The average Bonchev–Trinajstić information content (AvgIpc) is 3.17. The maximum Gasteiger partial charge on any atom is -0.00145 e. The quantitative estimate of drug-likeness (QED) is 0.392. The second kappa shape index (κ2) is 6.23. The molecule has 0 saturated heterocycles. The predicted molar refractivity (Wildman–Crippen MR) is 101 cm³/mol. The van der Waals surface area contributed by atoms with Crippen LogP contribution in [-0.2, 0) is 0 Å². The summed E-state index contributed by atoms with van der Waals surface area (Å²) >= 11 is 1.74. The summed E-state index contributed by atoms with van der Waals surface area (Å²) < 4.78 is 0. The Kier molecular flexibility index (Phi) is 3.79. The topological polar surface area (TPSA) is 0 Å². The third-order valence-corrected chi connectivity index (χ3v) is 4.74. The van der Waals surface area contributed by atoms with Crippen LogP contribution in [0.3, 0.4) is 0 Å². The third-order valence-electron chi connectivity index (χ3n) is 4.06. The van der Waals surface area contributed by atoms with Crippen LogP contribution in [0, 0.1) is 0 Å². The van der Waals surface area contributed by atoms with Gasteiger partial charge in [-0.05, 0) is 50.2 Å². The fourth-order valence-corrected chi connectivity index (χ4v) is 3.63. The van der Waals surface area contributed by atoms with E-state index in [-0.39, 0.29) is 0 Å². The van der Waals surface area contributed by atoms with E-state index in [0.717, 1.165) is 0 Å². The van der Waals surface area contributed by atoms with E-state index in [1.54, 1.807) is 11.3 Å². The molecule has 0 radical (unpaired) electrons. The summed E-state index contributed by atoms with van der Waals surface area (Å²) in [5.41, 5.74) is 7.66. The van der Waals surface area contributed by atoms with E-state index >= 15 is 0 Å². The van der Waals surface area contributed by atoms with Gasteiger partial charge >= 0.3 is 0 Å². The summed E-state index contributed by atoms with van der Waals surface area (Å²) in [6, 6.07) is 30.1. The molecule has 23 heavy (non-hydrogen) atoms. The number of hydrogen-bond acceptors (Lipinski definition) is 1. The van der Waals surface area contributed by atoms with Gasteiger partial charge in [-0.15, -0.1) is 0 Å². The Labute approximate surface area is 140 Å². The van der Waals surface area contributed by atoms with Gasteiger partial charge in [-0.3, -0.25) is 0 Å². The normalized spacial score (nSPS) is 10.6. The zero-order valence-electron chi connectivity index (χ0n) is 12.6. The van der Waals surface area contributed by atoms with Crippen molar-refractivity contribution < 1.29 is 0 Å². The molecule has 0 aliphatic heterocycles. The van der Waals surface area contributed by atoms with Crippen molar-refractivity contribution in [1.82, 2.24) is 0 Å². The van der Waals surface area contributed by atoms with E-state index in [0.29, 0.717) is 0 Å². The number of hydrogen-bond donors (Lipinski definition) is 0. The number of benzene rings is 3. The molecular formula is C22H16S. The highest BCUT2D eigenvalue weighted by Crippen LogP contribution is 2.38. The zero-order chi connectivity index (χ0) is 15.5. The third kappa shape index (κ3) is 2.71. The predicted octanol–water partition coefficient (Wildman–Crippen LogP) is 6.75. The van der Waals surface area contributed by atoms with Crippen molar-refractivity contribution in [3.05, 3.63) is 95.7 Å². The van der Waals surface area contributed by atoms with Gasteiger partial charge in [0.15, 0.2) is 0 Å². The lowest BCUT2D eigenvalue weighted by atomic mass is 9.90. The zero-order valence-corrected chi connectivity index (χ0v) is 13.5. The van der Waals surface area contributed by atoms with Gasteiger partial charge in [0.25, 0.3) is 0 Å². The molecule has 0 aliphatic carbocycles. The molecular weight excluding hydrogens is 296 g/mol. The lowest BCUT2D eigenvalue weighted by molar-refractivity contribution is 1.57. The van der Waals surface area contributed by atoms with Crippen molar-refractivity contribution in [3.8, 4) is 33.4 Å². The largest absolute Gasteiger partial charge is 0.152 e. The molecule has 110 valence electrons. The highest BCUT2D eigenvalue weighted by atomic mass is 32.1. The Hall–Kier alpha value is -2.64. The molecule has 1 heteroatoms. The van der Waals surface area contributed by atoms with Gasteiger partial charge in [-0.25, -0.2) is 0 Å². The molecule has 0 fully saturated rings. The van der Waals surface area contributed by atoms with Crippen LogP contribution < -0.4 is 0 Å². The Morgan fingerprint density at radius 1 is 0.435 bits per heavy atom. The summed E-state index contributed by atoms with van der Waals surface area (Å²) in [7, 11) is 0. The summed E-state index contributed by atoms with van der Waals surface area (Å²) in [6.07, 6.45) is 0. The van der Waals surface area contributed by atoms with Crippen LogP contribution in [0.4, 0.5) is 0 Å². The van der Waals surface area contributed by atoms with Gasteiger partial charge in [-0.2, -0.15) is 11.3 Å². The van der Waals surface area contributed by atoms with Gasteiger partial charge in [-0.1, -0.05) is 78.9 Å². The lowest BCUT2D eigenvalue weighted by Gasteiger charge is -2.13. The average molecular weight is 312 g/mol. The number of rotatable bonds is 3. The van der Waals surface area contributed by atoms with E-state index in [9.17, 15) is 0 Å². The standard InChI is InChI=1S/C22H16S/c1-2-8-17(9-3-1)19-10-4-6-12-21(19)22-13-7-5-11-20(22)18-14-15-23-16-18/h1-16H. The summed E-state index contributed by atoms with van der Waals surface area (Å²) in [5.74, 6) is 0. The molecule has 0 aliphatic rings. The first-order valence-electron chi connectivity index (χ1n) is 7.70. The van der Waals surface area contributed by atoms with E-state index in [4.69, 9.17) is 0 Å². The minimum absolute atomic E-state index is 1.25. The summed E-state index contributed by atoms with van der Waals surface area (Å²) in [6.45, 7) is 0. The van der Waals surface area contributed by atoms with E-state index in [1.807, 2.05) is 0 Å². The SMILES string of the molecule is c1ccc(-c2ccccc2-c2ccccc2-c2ccsc2)cc1. The van der Waals surface area contributed by atoms with Crippen LogP contribution in [0.2, 0.25) is 0 Å². The molecule has 4 rings (SSSR count). The Morgan fingerprint density at radius 3 is 1.52 bits per heavy atom. The van der Waals surface area contributed by atoms with Crippen molar-refractivity contribution in [1.29, 1.82) is 0 Å². The molecule has 0 saturated carbocycles. The molecule has 0 atom stereocenters. The van der Waals surface area contributed by atoms with Crippen LogP contribution in [0.25, 0.3) is 33.4 Å². The minimum Gasteiger partial charge on any atom is -0.152 e. The second-order valence-corrected chi connectivity index (χ2v) is 6.25. The fraction of sp³-hybridized carbons (Fsp3) is 0. The first kappa shape index (κ1) is 14.0. The fourth-order valence-electron chi connectivity index (χ4n) is 2.97. The Bertz CT molecular complexity index is 906. The first-order valence-corrected chi connectivity index (χ1v) is 8.64. The number of thiophene rings is 1. The van der Waals surface area contributed by atoms with Gasteiger partial charge < -0.3 is 0 Å². The molecule has 0 N–H and O–H groups in total. The molecule has 0 spiro atoms. The van der Waals surface area contributed by atoms with E-state index in [2.05, 4.69) is 95.7 Å². The minimum atomic E-state index is 1.25. The van der Waals surface area contributed by atoms with Crippen LogP contribution in [-0.4, -0.2) is 0 Å². The van der Waals surface area contributed by atoms with Crippen LogP contribution >= 0.6 is 11.3 Å². The smallest absolute Gasteiger partial charge is 0.00145 e. The van der Waals surface area contributed by atoms with Crippen molar-refractivity contribution in [3.63, 3.8) is 0 Å². The highest BCUT2D eigenvalue weighted by molar-refractivity contribution is 7.08. The van der Waals surface area contributed by atoms with Gasteiger partial charge in [0.05, 0.1) is 0 Å². The molecule has 1 aromatic heterocycles. The van der Waals surface area contributed by atoms with Crippen molar-refractivity contribution in [2.75, 3.05) is 0 Å². The molecule has 1 heterocycles. The van der Waals surface area contributed by atoms with Crippen molar-refractivity contribution >= 4 is 11.3 Å². The van der Waals surface area contributed by atoms with E-state index < -0.39 is 0 Å². The molecule has 4 aromatic rings. The second-order valence-electron chi connectivity index (χ2n) is 5.47. The summed E-state index contributed by atoms with van der Waals surface area (Å²) in [5, 5.41) is 4.35. The monoisotopic (exact) mass is 312 g/mol. The van der Waals surface area contributed by atoms with Crippen LogP contribution in [0.5, 0.6) is 0 Å². The summed E-state index contributed by atoms with van der Waals surface area (Å²) in [4.78, 5) is 0. The maximum atomic E-state index is 2.22. The van der Waals surface area contributed by atoms with Crippen molar-refractivity contribution in [2.24, 2.45) is 0 Å². The molecule has 0 amide bonds. The van der Waals surface area contributed by atoms with E-state index in [1.165, 1.54) is 33.4 Å². The molecule has 0 unspecified atom stereocenters. The molecule has 0 bridgehead atoms. The molecule has 3 aromatic carbocycles.